The number of carbonyl (C=O) groups excluding carboxylic acids is 1. The maximum absolute atomic E-state index is 13.3. The van der Waals surface area contributed by atoms with Gasteiger partial charge in [0.05, 0.1) is 17.6 Å². The molecule has 158 valence electrons. The van der Waals surface area contributed by atoms with Crippen molar-refractivity contribution in [3.8, 4) is 0 Å². The first-order chi connectivity index (χ1) is 15.2. The Morgan fingerprint density at radius 1 is 1.06 bits per heavy atom. The van der Waals surface area contributed by atoms with Crippen molar-refractivity contribution in [3.63, 3.8) is 0 Å². The second-order valence-corrected chi connectivity index (χ2v) is 8.00. The van der Waals surface area contributed by atoms with Crippen molar-refractivity contribution in [1.82, 2.24) is 9.55 Å². The average Bonchev–Trinajstić information content (AvgIpc) is 3.15. The lowest BCUT2D eigenvalue weighted by Gasteiger charge is -2.17. The Hall–Kier alpha value is -3.16. The van der Waals surface area contributed by atoms with Crippen molar-refractivity contribution in [2.45, 2.75) is 17.0 Å². The summed E-state index contributed by atoms with van der Waals surface area (Å²) >= 11 is 1.39. The molecule has 0 unspecified atom stereocenters. The first-order valence-corrected chi connectivity index (χ1v) is 10.8. The van der Waals surface area contributed by atoms with Gasteiger partial charge in [-0.3, -0.25) is 4.79 Å². The minimum Gasteiger partial charge on any atom is -0.383 e. The number of fused-ring (bicyclic) bond motifs is 1. The number of nitrogens with zero attached hydrogens (tertiary/aromatic N) is 2. The van der Waals surface area contributed by atoms with Gasteiger partial charge < -0.3 is 14.6 Å². The van der Waals surface area contributed by atoms with Crippen molar-refractivity contribution in [1.29, 1.82) is 0 Å². The van der Waals surface area contributed by atoms with Crippen LogP contribution < -0.4 is 5.32 Å². The molecule has 7 heteroatoms. The van der Waals surface area contributed by atoms with Gasteiger partial charge in [-0.05, 0) is 42.0 Å². The molecule has 1 heterocycles. The van der Waals surface area contributed by atoms with Crippen molar-refractivity contribution in [3.05, 3.63) is 90.2 Å². The third kappa shape index (κ3) is 4.95. The summed E-state index contributed by atoms with van der Waals surface area (Å²) in [6, 6.07) is 23.2. The first kappa shape index (κ1) is 21.1. The van der Waals surface area contributed by atoms with E-state index in [1.807, 2.05) is 54.6 Å². The van der Waals surface area contributed by atoms with Crippen LogP contribution in [0.3, 0.4) is 0 Å². The smallest absolute Gasteiger partial charge is 0.242 e. The number of methoxy groups -OCH3 is 1. The molecule has 1 amide bonds. The number of ether oxygens (including phenoxy) is 1. The highest BCUT2D eigenvalue weighted by molar-refractivity contribution is 8.00. The molecule has 0 bridgehead atoms. The third-order valence-electron chi connectivity index (χ3n) is 4.81. The molecular weight excluding hydrogens is 413 g/mol. The largest absolute Gasteiger partial charge is 0.383 e. The number of benzene rings is 3. The van der Waals surface area contributed by atoms with Gasteiger partial charge in [0.25, 0.3) is 0 Å². The van der Waals surface area contributed by atoms with Gasteiger partial charge in [-0.25, -0.2) is 9.37 Å². The highest BCUT2D eigenvalue weighted by atomic mass is 32.2. The van der Waals surface area contributed by atoms with Crippen LogP contribution in [-0.4, -0.2) is 29.2 Å². The van der Waals surface area contributed by atoms with Crippen LogP contribution in [0.15, 0.2) is 84.0 Å². The number of hydrogen-bond donors (Lipinski definition) is 1. The van der Waals surface area contributed by atoms with Crippen molar-refractivity contribution in [2.24, 2.45) is 0 Å². The molecule has 4 rings (SSSR count). The van der Waals surface area contributed by atoms with Crippen LogP contribution in [0.1, 0.15) is 10.8 Å². The summed E-state index contributed by atoms with van der Waals surface area (Å²) in [6.45, 7) is 1.16. The highest BCUT2D eigenvalue weighted by Crippen LogP contribution is 2.37. The number of imidazole rings is 1. The quantitative estimate of drug-likeness (QED) is 0.382. The van der Waals surface area contributed by atoms with E-state index < -0.39 is 5.25 Å². The summed E-state index contributed by atoms with van der Waals surface area (Å²) in [6.07, 6.45) is 0. The Morgan fingerprint density at radius 2 is 1.77 bits per heavy atom. The van der Waals surface area contributed by atoms with Gasteiger partial charge in [-0.1, -0.05) is 54.2 Å². The third-order valence-corrected chi connectivity index (χ3v) is 6.06. The van der Waals surface area contributed by atoms with Gasteiger partial charge in [0.15, 0.2) is 5.16 Å². The fourth-order valence-electron chi connectivity index (χ4n) is 3.29. The lowest BCUT2D eigenvalue weighted by atomic mass is 10.1. The molecule has 5 nitrogen and oxygen atoms in total. The van der Waals surface area contributed by atoms with Gasteiger partial charge in [0.1, 0.15) is 11.1 Å². The molecule has 1 atom stereocenters. The molecule has 0 aliphatic heterocycles. The normalized spacial score (nSPS) is 12.1. The van der Waals surface area contributed by atoms with Crippen molar-refractivity contribution < 1.29 is 13.9 Å². The molecule has 0 radical (unpaired) electrons. The number of hydrogen-bond acceptors (Lipinski definition) is 4. The molecule has 31 heavy (non-hydrogen) atoms. The van der Waals surface area contributed by atoms with Gasteiger partial charge in [-0.15, -0.1) is 0 Å². The number of nitrogens with one attached hydrogen (secondary N) is 1. The molecule has 0 saturated heterocycles. The summed E-state index contributed by atoms with van der Waals surface area (Å²) in [7, 11) is 1.66. The molecule has 0 aliphatic carbocycles. The summed E-state index contributed by atoms with van der Waals surface area (Å²) in [4.78, 5) is 18.0. The predicted octanol–water partition coefficient (Wildman–Crippen LogP) is 5.29. The molecular formula is C24H22FN3O2S. The monoisotopic (exact) mass is 435 g/mol. The van der Waals surface area contributed by atoms with E-state index in [0.717, 1.165) is 21.8 Å². The number of halogens is 1. The Kier molecular flexibility index (Phi) is 6.64. The number of para-hydroxylation sites is 2. The van der Waals surface area contributed by atoms with Crippen molar-refractivity contribution in [2.75, 3.05) is 19.0 Å². The molecule has 0 aliphatic rings. The van der Waals surface area contributed by atoms with E-state index in [4.69, 9.17) is 9.72 Å². The van der Waals surface area contributed by atoms with Crippen LogP contribution in [0, 0.1) is 5.82 Å². The fourth-order valence-corrected chi connectivity index (χ4v) is 4.43. The van der Waals surface area contributed by atoms with E-state index >= 15 is 0 Å². The van der Waals surface area contributed by atoms with Crippen LogP contribution in [-0.2, 0) is 16.1 Å². The van der Waals surface area contributed by atoms with Crippen LogP contribution >= 0.6 is 11.8 Å². The molecule has 0 saturated carbocycles. The summed E-state index contributed by atoms with van der Waals surface area (Å²) in [5.74, 6) is -0.549. The topological polar surface area (TPSA) is 56.1 Å². The molecule has 0 fully saturated rings. The zero-order valence-corrected chi connectivity index (χ0v) is 17.8. The Balaban J connectivity index is 1.68. The lowest BCUT2D eigenvalue weighted by Crippen LogP contribution is -2.19. The average molecular weight is 436 g/mol. The SMILES string of the molecule is COCCn1c(S[C@@H](C(=O)Nc2ccc(F)cc2)c2ccccc2)nc2ccccc21. The lowest BCUT2D eigenvalue weighted by molar-refractivity contribution is -0.115. The number of anilines is 1. The number of amides is 1. The van der Waals surface area contributed by atoms with E-state index in [1.54, 1.807) is 19.2 Å². The maximum Gasteiger partial charge on any atom is 0.242 e. The van der Waals surface area contributed by atoms with Gasteiger partial charge >= 0.3 is 0 Å². The molecule has 0 spiro atoms. The summed E-state index contributed by atoms with van der Waals surface area (Å²) in [5, 5.41) is 3.10. The van der Waals surface area contributed by atoms with Crippen LogP contribution in [0.4, 0.5) is 10.1 Å². The standard InChI is InChI=1S/C24H22FN3O2S/c1-30-16-15-28-21-10-6-5-9-20(21)27-24(28)31-22(17-7-3-2-4-8-17)23(29)26-19-13-11-18(25)12-14-19/h2-14,22H,15-16H2,1H3,(H,26,29)/t22-/m1/s1. The van der Waals surface area contributed by atoms with E-state index in [9.17, 15) is 9.18 Å². The number of thioether (sulfide) groups is 1. The Labute approximate surface area is 184 Å². The van der Waals surface area contributed by atoms with E-state index in [0.29, 0.717) is 18.8 Å². The molecule has 3 aromatic carbocycles. The highest BCUT2D eigenvalue weighted by Gasteiger charge is 2.25. The minimum atomic E-state index is -0.538. The van der Waals surface area contributed by atoms with Gasteiger partial charge in [-0.2, -0.15) is 0 Å². The van der Waals surface area contributed by atoms with Gasteiger partial charge in [0, 0.05) is 19.3 Å². The summed E-state index contributed by atoms with van der Waals surface area (Å²) < 4.78 is 20.6. The zero-order chi connectivity index (χ0) is 21.6. The van der Waals surface area contributed by atoms with E-state index in [-0.39, 0.29) is 11.7 Å². The molecule has 4 aromatic rings. The summed E-state index contributed by atoms with van der Waals surface area (Å²) in [5.41, 5.74) is 3.26. The molecule has 1 aromatic heterocycles. The zero-order valence-electron chi connectivity index (χ0n) is 17.0. The van der Waals surface area contributed by atoms with Gasteiger partial charge in [0.2, 0.25) is 5.91 Å². The predicted molar refractivity (Wildman–Crippen MR) is 122 cm³/mol. The Bertz CT molecular complexity index is 1160. The molecule has 1 N–H and O–H groups in total. The maximum atomic E-state index is 13.3. The van der Waals surface area contributed by atoms with Crippen molar-refractivity contribution >= 4 is 34.4 Å². The second kappa shape index (κ2) is 9.76. The number of aromatic nitrogens is 2. The van der Waals surface area contributed by atoms with E-state index in [1.165, 1.54) is 23.9 Å². The first-order valence-electron chi connectivity index (χ1n) is 9.88. The minimum absolute atomic E-state index is 0.201. The number of rotatable bonds is 8. The van der Waals surface area contributed by atoms with Crippen LogP contribution in [0.25, 0.3) is 11.0 Å². The second-order valence-electron chi connectivity index (χ2n) is 6.93. The van der Waals surface area contributed by atoms with Crippen LogP contribution in [0.5, 0.6) is 0 Å². The van der Waals surface area contributed by atoms with E-state index in [2.05, 4.69) is 9.88 Å². The van der Waals surface area contributed by atoms with Crippen LogP contribution in [0.2, 0.25) is 0 Å². The number of carbonyl (C=O) groups is 1. The fraction of sp³-hybridized carbons (Fsp3) is 0.167. The Morgan fingerprint density at radius 3 is 2.52 bits per heavy atom.